The second-order valence-electron chi connectivity index (χ2n) is 4.98. The first-order valence-corrected chi connectivity index (χ1v) is 6.82. The first-order valence-electron chi connectivity index (χ1n) is 6.82. The van der Waals surface area contributed by atoms with Crippen LogP contribution in [0.25, 0.3) is 0 Å². The van der Waals surface area contributed by atoms with Gasteiger partial charge >= 0.3 is 0 Å². The highest BCUT2D eigenvalue weighted by Crippen LogP contribution is 2.29. The van der Waals surface area contributed by atoms with Crippen LogP contribution in [0, 0.1) is 11.8 Å². The highest BCUT2D eigenvalue weighted by molar-refractivity contribution is 5.79. The van der Waals surface area contributed by atoms with Crippen molar-refractivity contribution >= 4 is 11.8 Å². The van der Waals surface area contributed by atoms with Gasteiger partial charge in [0.2, 0.25) is 11.8 Å². The van der Waals surface area contributed by atoms with Crippen LogP contribution in [-0.2, 0) is 9.59 Å². The molecule has 3 N–H and O–H groups in total. The van der Waals surface area contributed by atoms with Crippen molar-refractivity contribution in [1.82, 2.24) is 16.0 Å². The van der Waals surface area contributed by atoms with Crippen molar-refractivity contribution in [3.8, 4) is 0 Å². The number of amides is 2. The minimum atomic E-state index is -0.0602. The maximum atomic E-state index is 12.1. The van der Waals surface area contributed by atoms with Crippen LogP contribution in [0.1, 0.15) is 32.6 Å². The molecule has 0 saturated heterocycles. The smallest absolute Gasteiger partial charge is 0.223 e. The van der Waals surface area contributed by atoms with Crippen LogP contribution in [0.3, 0.4) is 0 Å². The zero-order chi connectivity index (χ0) is 13.4. The lowest BCUT2D eigenvalue weighted by atomic mass is 9.78. The normalized spacial score (nSPS) is 23.4. The van der Waals surface area contributed by atoms with E-state index in [1.165, 1.54) is 13.3 Å². The van der Waals surface area contributed by atoms with Gasteiger partial charge in [-0.25, -0.2) is 0 Å². The molecular weight excluding hydrogens is 230 g/mol. The molecule has 5 nitrogen and oxygen atoms in total. The Labute approximate surface area is 109 Å². The molecule has 5 heteroatoms. The number of hydrogen-bond acceptors (Lipinski definition) is 3. The van der Waals surface area contributed by atoms with E-state index in [1.807, 2.05) is 7.05 Å². The Morgan fingerprint density at radius 2 is 1.78 bits per heavy atom. The highest BCUT2D eigenvalue weighted by Gasteiger charge is 2.29. The van der Waals surface area contributed by atoms with Gasteiger partial charge in [0.05, 0.1) is 0 Å². The van der Waals surface area contributed by atoms with Gasteiger partial charge in [-0.15, -0.1) is 0 Å². The van der Waals surface area contributed by atoms with E-state index in [2.05, 4.69) is 16.0 Å². The minimum absolute atomic E-state index is 0.0602. The van der Waals surface area contributed by atoms with Gasteiger partial charge in [0.15, 0.2) is 0 Å². The van der Waals surface area contributed by atoms with Crippen molar-refractivity contribution in [2.45, 2.75) is 32.6 Å². The summed E-state index contributed by atoms with van der Waals surface area (Å²) in [6, 6.07) is 0. The molecule has 1 aliphatic carbocycles. The zero-order valence-electron chi connectivity index (χ0n) is 11.4. The Hall–Kier alpha value is -1.10. The van der Waals surface area contributed by atoms with Crippen molar-refractivity contribution in [3.63, 3.8) is 0 Å². The summed E-state index contributed by atoms with van der Waals surface area (Å²) in [6.45, 7) is 3.40. The van der Waals surface area contributed by atoms with Gasteiger partial charge in [0.1, 0.15) is 0 Å². The van der Waals surface area contributed by atoms with Crippen LogP contribution >= 0.6 is 0 Å². The van der Waals surface area contributed by atoms with Gasteiger partial charge in [-0.2, -0.15) is 0 Å². The van der Waals surface area contributed by atoms with E-state index in [4.69, 9.17) is 0 Å². The number of nitrogens with one attached hydrogen (secondary N) is 3. The fourth-order valence-corrected chi connectivity index (χ4v) is 2.61. The fourth-order valence-electron chi connectivity index (χ4n) is 2.61. The third-order valence-electron chi connectivity index (χ3n) is 3.51. The van der Waals surface area contributed by atoms with Gasteiger partial charge in [0.25, 0.3) is 0 Å². The Morgan fingerprint density at radius 1 is 1.11 bits per heavy atom. The minimum Gasteiger partial charge on any atom is -0.355 e. The molecule has 0 aromatic rings. The fraction of sp³-hybridized carbons (Fsp3) is 0.846. The monoisotopic (exact) mass is 255 g/mol. The third-order valence-corrected chi connectivity index (χ3v) is 3.51. The predicted octanol–water partition coefficient (Wildman–Crippen LogP) is 0.265. The van der Waals surface area contributed by atoms with Crippen molar-refractivity contribution in [1.29, 1.82) is 0 Å². The number of carbonyl (C=O) groups is 2. The molecular formula is C13H25N3O2. The van der Waals surface area contributed by atoms with Crippen LogP contribution in [0.5, 0.6) is 0 Å². The summed E-state index contributed by atoms with van der Waals surface area (Å²) >= 11 is 0. The molecule has 1 saturated carbocycles. The first-order chi connectivity index (χ1) is 8.65. The van der Waals surface area contributed by atoms with E-state index < -0.39 is 0 Å². The highest BCUT2D eigenvalue weighted by atomic mass is 16.2. The van der Waals surface area contributed by atoms with Crippen molar-refractivity contribution in [3.05, 3.63) is 0 Å². The van der Waals surface area contributed by atoms with Crippen LogP contribution in [-0.4, -0.2) is 38.5 Å². The Balaban J connectivity index is 2.31. The second kappa shape index (κ2) is 8.08. The summed E-state index contributed by atoms with van der Waals surface area (Å²) in [4.78, 5) is 22.8. The topological polar surface area (TPSA) is 70.2 Å². The molecule has 1 rings (SSSR count). The Bertz CT molecular complexity index is 279. The van der Waals surface area contributed by atoms with E-state index >= 15 is 0 Å². The van der Waals surface area contributed by atoms with E-state index in [1.54, 1.807) is 0 Å². The maximum absolute atomic E-state index is 12.1. The Morgan fingerprint density at radius 3 is 2.44 bits per heavy atom. The number of hydrogen-bond donors (Lipinski definition) is 3. The molecule has 1 aliphatic rings. The molecule has 0 spiro atoms. The molecule has 0 aromatic carbocycles. The third kappa shape index (κ3) is 5.04. The molecule has 0 aromatic heterocycles. The van der Waals surface area contributed by atoms with Gasteiger partial charge in [-0.05, 0) is 32.4 Å². The number of rotatable bonds is 6. The SMILES string of the molecule is CNCC1CCCCC1C(=O)NCCNC(C)=O. The zero-order valence-corrected chi connectivity index (χ0v) is 11.4. The van der Waals surface area contributed by atoms with Crippen LogP contribution in [0.15, 0.2) is 0 Å². The van der Waals surface area contributed by atoms with E-state index in [9.17, 15) is 9.59 Å². The summed E-state index contributed by atoms with van der Waals surface area (Å²) in [5, 5.41) is 8.76. The van der Waals surface area contributed by atoms with E-state index in [-0.39, 0.29) is 17.7 Å². The molecule has 0 radical (unpaired) electrons. The average molecular weight is 255 g/mol. The van der Waals surface area contributed by atoms with Crippen LogP contribution in [0.4, 0.5) is 0 Å². The number of carbonyl (C=O) groups excluding carboxylic acids is 2. The first kappa shape index (κ1) is 15.0. The van der Waals surface area contributed by atoms with Crippen LogP contribution in [0.2, 0.25) is 0 Å². The molecule has 2 unspecified atom stereocenters. The Kier molecular flexibility index (Phi) is 6.72. The van der Waals surface area contributed by atoms with Crippen LogP contribution < -0.4 is 16.0 Å². The predicted molar refractivity (Wildman–Crippen MR) is 71.1 cm³/mol. The molecule has 0 heterocycles. The van der Waals surface area contributed by atoms with Crippen molar-refractivity contribution in [2.75, 3.05) is 26.7 Å². The molecule has 1 fully saturated rings. The van der Waals surface area contributed by atoms with Gasteiger partial charge in [-0.3, -0.25) is 9.59 Å². The maximum Gasteiger partial charge on any atom is 0.223 e. The largest absolute Gasteiger partial charge is 0.355 e. The lowest BCUT2D eigenvalue weighted by Crippen LogP contribution is -2.42. The standard InChI is InChI=1S/C13H25N3O2/c1-10(17)15-7-8-16-13(18)12-6-4-3-5-11(12)9-14-2/h11-12,14H,3-9H2,1-2H3,(H,15,17)(H,16,18). The van der Waals surface area contributed by atoms with Gasteiger partial charge in [0, 0.05) is 25.9 Å². The molecule has 18 heavy (non-hydrogen) atoms. The van der Waals surface area contributed by atoms with Crippen molar-refractivity contribution < 1.29 is 9.59 Å². The van der Waals surface area contributed by atoms with Gasteiger partial charge < -0.3 is 16.0 Å². The second-order valence-corrected chi connectivity index (χ2v) is 4.98. The molecule has 0 bridgehead atoms. The lowest BCUT2D eigenvalue weighted by Gasteiger charge is -2.30. The molecule has 2 atom stereocenters. The average Bonchev–Trinajstić information content (AvgIpc) is 2.35. The van der Waals surface area contributed by atoms with E-state index in [0.29, 0.717) is 19.0 Å². The summed E-state index contributed by atoms with van der Waals surface area (Å²) in [5.41, 5.74) is 0. The van der Waals surface area contributed by atoms with Crippen molar-refractivity contribution in [2.24, 2.45) is 11.8 Å². The summed E-state index contributed by atoms with van der Waals surface area (Å²) in [6.07, 6.45) is 4.48. The van der Waals surface area contributed by atoms with E-state index in [0.717, 1.165) is 25.8 Å². The summed E-state index contributed by atoms with van der Waals surface area (Å²) < 4.78 is 0. The lowest BCUT2D eigenvalue weighted by molar-refractivity contribution is -0.128. The summed E-state index contributed by atoms with van der Waals surface area (Å²) in [7, 11) is 1.93. The van der Waals surface area contributed by atoms with Gasteiger partial charge in [-0.1, -0.05) is 12.8 Å². The molecule has 2 amide bonds. The molecule has 104 valence electrons. The summed E-state index contributed by atoms with van der Waals surface area (Å²) in [5.74, 6) is 0.656. The molecule has 0 aliphatic heterocycles. The quantitative estimate of drug-likeness (QED) is 0.596.